The number of hydrogen-bond acceptors (Lipinski definition) is 4. The van der Waals surface area contributed by atoms with Gasteiger partial charge < -0.3 is 4.74 Å². The van der Waals surface area contributed by atoms with Gasteiger partial charge in [-0.15, -0.1) is 0 Å². The molecule has 0 aliphatic rings. The Kier molecular flexibility index (Phi) is 5.35. The van der Waals surface area contributed by atoms with Crippen molar-refractivity contribution in [1.82, 2.24) is 4.72 Å². The Morgan fingerprint density at radius 1 is 1.38 bits per heavy atom. The first-order chi connectivity index (χ1) is 9.49. The lowest BCUT2D eigenvalue weighted by Gasteiger charge is -2.28. The van der Waals surface area contributed by atoms with Gasteiger partial charge in [-0.1, -0.05) is 32.4 Å². The van der Waals surface area contributed by atoms with Crippen molar-refractivity contribution in [3.63, 3.8) is 0 Å². The molecular weight excluding hydrogens is 321 g/mol. The monoisotopic (exact) mass is 337 g/mol. The van der Waals surface area contributed by atoms with Crippen LogP contribution >= 0.6 is 11.6 Å². The molecule has 0 amide bonds. The Bertz CT molecular complexity index is 640. The lowest BCUT2D eigenvalue weighted by Crippen LogP contribution is -2.49. The second kappa shape index (κ2) is 6.29. The maximum Gasteiger partial charge on any atom is 0.324 e. The van der Waals surface area contributed by atoms with Crippen molar-refractivity contribution in [3.05, 3.63) is 29.0 Å². The maximum atomic E-state index is 13.8. The molecule has 0 aromatic heterocycles. The van der Waals surface area contributed by atoms with Crippen LogP contribution in [0.2, 0.25) is 5.02 Å². The summed E-state index contributed by atoms with van der Waals surface area (Å²) >= 11 is 5.59. The number of methoxy groups -OCH3 is 1. The third-order valence-corrected chi connectivity index (χ3v) is 4.45. The van der Waals surface area contributed by atoms with Crippen molar-refractivity contribution in [2.45, 2.75) is 31.7 Å². The van der Waals surface area contributed by atoms with E-state index in [-0.39, 0.29) is 5.02 Å². The van der Waals surface area contributed by atoms with E-state index in [2.05, 4.69) is 9.46 Å². The van der Waals surface area contributed by atoms with E-state index in [9.17, 15) is 17.6 Å². The number of carbonyl (C=O) groups excluding carboxylic acids is 1. The fourth-order valence-corrected chi connectivity index (χ4v) is 3.22. The van der Waals surface area contributed by atoms with Crippen molar-refractivity contribution in [2.24, 2.45) is 5.41 Å². The van der Waals surface area contributed by atoms with Crippen LogP contribution in [0.15, 0.2) is 23.1 Å². The lowest BCUT2D eigenvalue weighted by atomic mass is 9.87. The van der Waals surface area contributed by atoms with Crippen LogP contribution < -0.4 is 4.72 Å². The van der Waals surface area contributed by atoms with E-state index >= 15 is 0 Å². The van der Waals surface area contributed by atoms with Gasteiger partial charge in [0, 0.05) is 5.02 Å². The summed E-state index contributed by atoms with van der Waals surface area (Å²) < 4.78 is 45.0. The van der Waals surface area contributed by atoms with Gasteiger partial charge in [0.2, 0.25) is 10.0 Å². The highest BCUT2D eigenvalue weighted by atomic mass is 35.5. The predicted octanol–water partition coefficient (Wildman–Crippen LogP) is 2.35. The highest BCUT2D eigenvalue weighted by molar-refractivity contribution is 7.89. The fraction of sp³-hybridized carbons (Fsp3) is 0.462. The summed E-state index contributed by atoms with van der Waals surface area (Å²) in [6.45, 7) is 4.99. The van der Waals surface area contributed by atoms with E-state index in [0.29, 0.717) is 0 Å². The molecule has 21 heavy (non-hydrogen) atoms. The Morgan fingerprint density at radius 3 is 2.38 bits per heavy atom. The molecule has 118 valence electrons. The molecule has 0 saturated carbocycles. The Balaban J connectivity index is 3.21. The molecule has 0 spiro atoms. The van der Waals surface area contributed by atoms with E-state index in [0.717, 1.165) is 19.2 Å². The number of nitrogens with one attached hydrogen (secondary N) is 1. The van der Waals surface area contributed by atoms with Crippen molar-refractivity contribution in [3.8, 4) is 0 Å². The molecule has 0 fully saturated rings. The molecule has 1 rings (SSSR count). The van der Waals surface area contributed by atoms with Gasteiger partial charge >= 0.3 is 5.97 Å². The van der Waals surface area contributed by atoms with Crippen LogP contribution in [0, 0.1) is 11.2 Å². The first-order valence-electron chi connectivity index (χ1n) is 6.04. The fourth-order valence-electron chi connectivity index (χ4n) is 1.61. The molecule has 1 N–H and O–H groups in total. The van der Waals surface area contributed by atoms with Crippen molar-refractivity contribution >= 4 is 27.6 Å². The second-order valence-corrected chi connectivity index (χ2v) is 7.64. The molecule has 1 aromatic rings. The molecule has 0 heterocycles. The maximum absolute atomic E-state index is 13.8. The summed E-state index contributed by atoms with van der Waals surface area (Å²) in [6, 6.07) is 2.03. The number of rotatable bonds is 4. The van der Waals surface area contributed by atoms with E-state index in [1.807, 2.05) is 0 Å². The molecule has 1 atom stereocenters. The predicted molar refractivity (Wildman–Crippen MR) is 77.0 cm³/mol. The topological polar surface area (TPSA) is 72.5 Å². The third kappa shape index (κ3) is 4.39. The molecule has 8 heteroatoms. The van der Waals surface area contributed by atoms with E-state index in [1.165, 1.54) is 6.07 Å². The number of carbonyl (C=O) groups is 1. The quantitative estimate of drug-likeness (QED) is 0.856. The van der Waals surface area contributed by atoms with Crippen molar-refractivity contribution in [2.75, 3.05) is 7.11 Å². The summed E-state index contributed by atoms with van der Waals surface area (Å²) in [7, 11) is -3.08. The molecule has 1 aromatic carbocycles. The van der Waals surface area contributed by atoms with Crippen LogP contribution in [-0.2, 0) is 19.6 Å². The van der Waals surface area contributed by atoms with Gasteiger partial charge in [0.15, 0.2) is 0 Å². The van der Waals surface area contributed by atoms with Crippen molar-refractivity contribution < 1.29 is 22.3 Å². The molecule has 1 unspecified atom stereocenters. The zero-order valence-corrected chi connectivity index (χ0v) is 13.7. The Labute approximate surface area is 128 Å². The number of ether oxygens (including phenoxy) is 1. The molecule has 0 aliphatic heterocycles. The summed E-state index contributed by atoms with van der Waals surface area (Å²) in [5.74, 6) is -1.74. The van der Waals surface area contributed by atoms with Gasteiger partial charge in [-0.25, -0.2) is 12.8 Å². The van der Waals surface area contributed by atoms with E-state index < -0.39 is 38.2 Å². The van der Waals surface area contributed by atoms with Gasteiger partial charge in [0.1, 0.15) is 16.8 Å². The summed E-state index contributed by atoms with van der Waals surface area (Å²) in [5, 5.41) is 0.0757. The minimum absolute atomic E-state index is 0.0757. The molecule has 0 saturated heterocycles. The Hall–Kier alpha value is -1.18. The summed E-state index contributed by atoms with van der Waals surface area (Å²) in [5.41, 5.74) is -0.747. The first-order valence-corrected chi connectivity index (χ1v) is 7.90. The SMILES string of the molecule is COC(=O)C(NS(=O)(=O)c1ccc(Cl)cc1F)C(C)(C)C. The van der Waals surface area contributed by atoms with Gasteiger partial charge in [-0.3, -0.25) is 4.79 Å². The lowest BCUT2D eigenvalue weighted by molar-refractivity contribution is -0.145. The van der Waals surface area contributed by atoms with E-state index in [4.69, 9.17) is 11.6 Å². The second-order valence-electron chi connectivity index (χ2n) is 5.52. The summed E-state index contributed by atoms with van der Waals surface area (Å²) in [6.07, 6.45) is 0. The van der Waals surface area contributed by atoms with Gasteiger partial charge in [-0.05, 0) is 23.6 Å². The highest BCUT2D eigenvalue weighted by Crippen LogP contribution is 2.24. The Morgan fingerprint density at radius 2 is 1.95 bits per heavy atom. The zero-order valence-electron chi connectivity index (χ0n) is 12.1. The first kappa shape index (κ1) is 17.9. The van der Waals surface area contributed by atoms with Gasteiger partial charge in [0.25, 0.3) is 0 Å². The number of halogens is 2. The number of sulfonamides is 1. The largest absolute Gasteiger partial charge is 0.468 e. The average Bonchev–Trinajstić information content (AvgIpc) is 2.33. The average molecular weight is 338 g/mol. The zero-order chi connectivity index (χ0) is 16.4. The van der Waals surface area contributed by atoms with Crippen LogP contribution in [0.5, 0.6) is 0 Å². The standard InChI is InChI=1S/C13H17ClFNO4S/c1-13(2,3)11(12(17)20-4)16-21(18,19)10-6-5-8(14)7-9(10)15/h5-7,11,16H,1-4H3. The minimum Gasteiger partial charge on any atom is -0.468 e. The van der Waals surface area contributed by atoms with Crippen LogP contribution in [0.25, 0.3) is 0 Å². The number of hydrogen-bond donors (Lipinski definition) is 1. The minimum atomic E-state index is -4.23. The molecule has 0 aliphatic carbocycles. The third-order valence-electron chi connectivity index (χ3n) is 2.76. The highest BCUT2D eigenvalue weighted by Gasteiger charge is 2.36. The van der Waals surface area contributed by atoms with Crippen LogP contribution in [-0.4, -0.2) is 27.5 Å². The van der Waals surface area contributed by atoms with Crippen LogP contribution in [0.4, 0.5) is 4.39 Å². The van der Waals surface area contributed by atoms with E-state index in [1.54, 1.807) is 20.8 Å². The number of esters is 1. The van der Waals surface area contributed by atoms with Crippen LogP contribution in [0.1, 0.15) is 20.8 Å². The van der Waals surface area contributed by atoms with Gasteiger partial charge in [-0.2, -0.15) is 4.72 Å². The molecule has 0 radical (unpaired) electrons. The van der Waals surface area contributed by atoms with Gasteiger partial charge in [0.05, 0.1) is 7.11 Å². The molecular formula is C13H17ClFNO4S. The smallest absolute Gasteiger partial charge is 0.324 e. The van der Waals surface area contributed by atoms with Crippen molar-refractivity contribution in [1.29, 1.82) is 0 Å². The summed E-state index contributed by atoms with van der Waals surface area (Å²) in [4.78, 5) is 11.2. The molecule has 0 bridgehead atoms. The van der Waals surface area contributed by atoms with Crippen LogP contribution in [0.3, 0.4) is 0 Å². The number of benzene rings is 1. The molecule has 5 nitrogen and oxygen atoms in total. The normalized spacial score (nSPS) is 13.8.